The van der Waals surface area contributed by atoms with Crippen LogP contribution in [0.1, 0.15) is 15.9 Å². The summed E-state index contributed by atoms with van der Waals surface area (Å²) in [5, 5.41) is 12.9. The Morgan fingerprint density at radius 2 is 2.27 bits per heavy atom. The van der Waals surface area contributed by atoms with Gasteiger partial charge in [0.2, 0.25) is 0 Å². The van der Waals surface area contributed by atoms with Gasteiger partial charge in [0.05, 0.1) is 24.4 Å². The monoisotopic (exact) mass is 206 g/mol. The predicted octanol–water partition coefficient (Wildman–Crippen LogP) is 1.69. The summed E-state index contributed by atoms with van der Waals surface area (Å²) in [7, 11) is 1.70. The van der Waals surface area contributed by atoms with E-state index in [9.17, 15) is 4.79 Å². The minimum atomic E-state index is -0.987. The van der Waals surface area contributed by atoms with Crippen LogP contribution in [0, 0.1) is 6.92 Å². The molecule has 0 bridgehead atoms. The molecule has 0 spiro atoms. The molecule has 1 N–H and O–H groups in total. The molecule has 0 saturated carbocycles. The van der Waals surface area contributed by atoms with Crippen LogP contribution in [0.4, 0.5) is 0 Å². The van der Waals surface area contributed by atoms with Gasteiger partial charge in [-0.2, -0.15) is 5.10 Å². The molecule has 0 amide bonds. The van der Waals surface area contributed by atoms with Gasteiger partial charge in [0, 0.05) is 12.6 Å². The van der Waals surface area contributed by atoms with Crippen LogP contribution in [0.5, 0.6) is 0 Å². The third kappa shape index (κ3) is 1.41. The fourth-order valence-corrected chi connectivity index (χ4v) is 1.52. The fraction of sp³-hybridized carbons (Fsp3) is 0.200. The van der Waals surface area contributed by atoms with E-state index in [1.165, 1.54) is 17.1 Å². The van der Waals surface area contributed by atoms with E-state index in [1.54, 1.807) is 13.3 Å². The third-order valence-corrected chi connectivity index (χ3v) is 2.28. The molecule has 0 aliphatic rings. The quantitative estimate of drug-likeness (QED) is 0.811. The zero-order valence-electron chi connectivity index (χ0n) is 8.39. The topological polar surface area (TPSA) is 68.3 Å². The minimum absolute atomic E-state index is 0.182. The Kier molecular flexibility index (Phi) is 2.07. The van der Waals surface area contributed by atoms with Crippen LogP contribution < -0.4 is 0 Å². The molecule has 2 heterocycles. The van der Waals surface area contributed by atoms with Crippen molar-refractivity contribution >= 4 is 5.97 Å². The van der Waals surface area contributed by atoms with Crippen LogP contribution in [0.3, 0.4) is 0 Å². The standard InChI is InChI=1S/C10H10N2O3/c1-6-4-15-5-8(6)9-7(10(13)14)3-11-12(9)2/h3-5H,1-2H3,(H,13,14). The van der Waals surface area contributed by atoms with E-state index in [2.05, 4.69) is 5.10 Å². The molecule has 2 aromatic rings. The number of aryl methyl sites for hydroxylation is 2. The Hall–Kier alpha value is -2.04. The number of aromatic nitrogens is 2. The summed E-state index contributed by atoms with van der Waals surface area (Å²) >= 11 is 0. The Bertz CT molecular complexity index is 510. The van der Waals surface area contributed by atoms with Gasteiger partial charge in [0.1, 0.15) is 5.56 Å². The van der Waals surface area contributed by atoms with Crippen LogP contribution in [0.2, 0.25) is 0 Å². The Morgan fingerprint density at radius 1 is 1.53 bits per heavy atom. The van der Waals surface area contributed by atoms with Crippen molar-refractivity contribution < 1.29 is 14.3 Å². The highest BCUT2D eigenvalue weighted by Crippen LogP contribution is 2.26. The van der Waals surface area contributed by atoms with Crippen LogP contribution in [-0.4, -0.2) is 20.9 Å². The van der Waals surface area contributed by atoms with Crippen molar-refractivity contribution in [2.45, 2.75) is 6.92 Å². The Labute approximate surface area is 85.9 Å². The maximum absolute atomic E-state index is 11.0. The van der Waals surface area contributed by atoms with Crippen LogP contribution in [0.15, 0.2) is 23.1 Å². The first-order chi connectivity index (χ1) is 7.11. The van der Waals surface area contributed by atoms with Gasteiger partial charge in [0.15, 0.2) is 0 Å². The van der Waals surface area contributed by atoms with Crippen molar-refractivity contribution in [1.82, 2.24) is 9.78 Å². The van der Waals surface area contributed by atoms with Gasteiger partial charge >= 0.3 is 5.97 Å². The summed E-state index contributed by atoms with van der Waals surface area (Å²) < 4.78 is 6.55. The summed E-state index contributed by atoms with van der Waals surface area (Å²) in [5.74, 6) is -0.987. The lowest BCUT2D eigenvalue weighted by Crippen LogP contribution is -2.00. The van der Waals surface area contributed by atoms with Crippen molar-refractivity contribution in [2.75, 3.05) is 0 Å². The molecule has 0 saturated heterocycles. The van der Waals surface area contributed by atoms with Gasteiger partial charge in [-0.05, 0) is 12.5 Å². The smallest absolute Gasteiger partial charge is 0.339 e. The number of carboxylic acids is 1. The fourth-order valence-electron chi connectivity index (χ4n) is 1.52. The molecule has 78 valence electrons. The molecule has 0 aliphatic carbocycles. The van der Waals surface area contributed by atoms with Gasteiger partial charge in [0.25, 0.3) is 0 Å². The van der Waals surface area contributed by atoms with Crippen molar-refractivity contribution in [3.63, 3.8) is 0 Å². The van der Waals surface area contributed by atoms with Crippen molar-refractivity contribution in [3.8, 4) is 11.3 Å². The predicted molar refractivity (Wildman–Crippen MR) is 52.6 cm³/mol. The molecule has 0 radical (unpaired) electrons. The minimum Gasteiger partial charge on any atom is -0.478 e. The second kappa shape index (κ2) is 3.27. The Morgan fingerprint density at radius 3 is 2.80 bits per heavy atom. The summed E-state index contributed by atoms with van der Waals surface area (Å²) in [6, 6.07) is 0. The lowest BCUT2D eigenvalue weighted by molar-refractivity contribution is 0.0697. The average molecular weight is 206 g/mol. The molecule has 15 heavy (non-hydrogen) atoms. The molecule has 0 atom stereocenters. The molecule has 0 aliphatic heterocycles. The number of hydrogen-bond acceptors (Lipinski definition) is 3. The maximum atomic E-state index is 11.0. The first kappa shape index (κ1) is 9.51. The van der Waals surface area contributed by atoms with E-state index < -0.39 is 5.97 Å². The summed E-state index contributed by atoms with van der Waals surface area (Å²) in [6.45, 7) is 1.86. The Balaban J connectivity index is 2.66. The number of hydrogen-bond donors (Lipinski definition) is 1. The number of nitrogens with zero attached hydrogens (tertiary/aromatic N) is 2. The number of carbonyl (C=O) groups is 1. The molecule has 0 unspecified atom stereocenters. The van der Waals surface area contributed by atoms with E-state index in [0.717, 1.165) is 11.1 Å². The van der Waals surface area contributed by atoms with E-state index in [0.29, 0.717) is 5.69 Å². The van der Waals surface area contributed by atoms with Gasteiger partial charge < -0.3 is 9.52 Å². The van der Waals surface area contributed by atoms with Gasteiger partial charge in [-0.3, -0.25) is 4.68 Å². The molecule has 0 fully saturated rings. The molecule has 2 aromatic heterocycles. The molecule has 5 nitrogen and oxygen atoms in total. The third-order valence-electron chi connectivity index (χ3n) is 2.28. The molecule has 5 heteroatoms. The van der Waals surface area contributed by atoms with E-state index >= 15 is 0 Å². The highest BCUT2D eigenvalue weighted by molar-refractivity contribution is 5.95. The molecular formula is C10H10N2O3. The largest absolute Gasteiger partial charge is 0.478 e. The normalized spacial score (nSPS) is 10.5. The lowest BCUT2D eigenvalue weighted by Gasteiger charge is -2.01. The van der Waals surface area contributed by atoms with Crippen molar-refractivity contribution in [3.05, 3.63) is 29.9 Å². The van der Waals surface area contributed by atoms with Crippen LogP contribution in [-0.2, 0) is 7.05 Å². The molecule has 2 rings (SSSR count). The highest BCUT2D eigenvalue weighted by atomic mass is 16.4. The van der Waals surface area contributed by atoms with E-state index in [-0.39, 0.29) is 5.56 Å². The average Bonchev–Trinajstić information content (AvgIpc) is 2.71. The van der Waals surface area contributed by atoms with Gasteiger partial charge in [-0.1, -0.05) is 0 Å². The van der Waals surface area contributed by atoms with Crippen LogP contribution >= 0.6 is 0 Å². The van der Waals surface area contributed by atoms with Gasteiger partial charge in [-0.25, -0.2) is 4.79 Å². The number of aromatic carboxylic acids is 1. The summed E-state index contributed by atoms with van der Waals surface area (Å²) in [4.78, 5) is 11.0. The first-order valence-corrected chi connectivity index (χ1v) is 4.39. The van der Waals surface area contributed by atoms with E-state index in [1.807, 2.05) is 6.92 Å². The molecule has 0 aromatic carbocycles. The second-order valence-electron chi connectivity index (χ2n) is 3.30. The van der Waals surface area contributed by atoms with Crippen molar-refractivity contribution in [1.29, 1.82) is 0 Å². The zero-order valence-corrected chi connectivity index (χ0v) is 8.39. The number of furan rings is 1. The number of rotatable bonds is 2. The molecular weight excluding hydrogens is 196 g/mol. The maximum Gasteiger partial charge on any atom is 0.339 e. The van der Waals surface area contributed by atoms with Crippen LogP contribution in [0.25, 0.3) is 11.3 Å². The SMILES string of the molecule is Cc1cocc1-c1c(C(=O)O)cnn1C. The van der Waals surface area contributed by atoms with Gasteiger partial charge in [-0.15, -0.1) is 0 Å². The summed E-state index contributed by atoms with van der Waals surface area (Å²) in [5.41, 5.74) is 2.39. The highest BCUT2D eigenvalue weighted by Gasteiger charge is 2.18. The summed E-state index contributed by atoms with van der Waals surface area (Å²) in [6.07, 6.45) is 4.44. The second-order valence-corrected chi connectivity index (χ2v) is 3.30. The lowest BCUT2D eigenvalue weighted by atomic mass is 10.1. The first-order valence-electron chi connectivity index (χ1n) is 4.39. The number of carboxylic acid groups (broad SMARTS) is 1. The van der Waals surface area contributed by atoms with Crippen molar-refractivity contribution in [2.24, 2.45) is 7.05 Å². The zero-order chi connectivity index (χ0) is 11.0. The van der Waals surface area contributed by atoms with E-state index in [4.69, 9.17) is 9.52 Å².